The number of rotatable bonds is 3. The molecule has 96 valence electrons. The van der Waals surface area contributed by atoms with Gasteiger partial charge in [0.1, 0.15) is 0 Å². The molecule has 0 aliphatic carbocycles. The molecule has 1 aliphatic rings. The number of Topliss-reactive ketones (excluding diaryl/α,β-unsaturated/α-hetero) is 1. The molecule has 19 heavy (non-hydrogen) atoms. The molecular formula is C16H16N2O. The molecule has 2 heterocycles. The van der Waals surface area contributed by atoms with Gasteiger partial charge in [-0.15, -0.1) is 0 Å². The molecule has 0 saturated carbocycles. The van der Waals surface area contributed by atoms with Crippen LogP contribution >= 0.6 is 0 Å². The van der Waals surface area contributed by atoms with Crippen LogP contribution in [0.4, 0.5) is 0 Å². The Morgan fingerprint density at radius 3 is 3.00 bits per heavy atom. The Labute approximate surface area is 112 Å². The van der Waals surface area contributed by atoms with Gasteiger partial charge in [-0.05, 0) is 42.3 Å². The van der Waals surface area contributed by atoms with E-state index in [1.807, 2.05) is 30.3 Å². The molecule has 0 spiro atoms. The molecule has 3 rings (SSSR count). The summed E-state index contributed by atoms with van der Waals surface area (Å²) in [6.45, 7) is 1.88. The Hall–Kier alpha value is -2.00. The van der Waals surface area contributed by atoms with E-state index in [0.717, 1.165) is 30.8 Å². The van der Waals surface area contributed by atoms with Crippen molar-refractivity contribution in [3.63, 3.8) is 0 Å². The minimum Gasteiger partial charge on any atom is -0.312 e. The lowest BCUT2D eigenvalue weighted by Crippen LogP contribution is -2.24. The summed E-state index contributed by atoms with van der Waals surface area (Å²) in [4.78, 5) is 16.4. The van der Waals surface area contributed by atoms with Crippen LogP contribution in [0.25, 0.3) is 0 Å². The molecule has 0 fully saturated rings. The highest BCUT2D eigenvalue weighted by Crippen LogP contribution is 2.17. The normalized spacial score (nSPS) is 13.9. The van der Waals surface area contributed by atoms with E-state index in [1.165, 1.54) is 11.1 Å². The van der Waals surface area contributed by atoms with Gasteiger partial charge in [0.25, 0.3) is 0 Å². The van der Waals surface area contributed by atoms with Crippen molar-refractivity contribution in [3.8, 4) is 0 Å². The van der Waals surface area contributed by atoms with Crippen molar-refractivity contribution in [1.82, 2.24) is 10.3 Å². The number of aromatic nitrogens is 1. The first kappa shape index (κ1) is 12.1. The van der Waals surface area contributed by atoms with Gasteiger partial charge >= 0.3 is 0 Å². The fourth-order valence-corrected chi connectivity index (χ4v) is 2.42. The number of hydrogen-bond donors (Lipinski definition) is 1. The first-order valence-corrected chi connectivity index (χ1v) is 6.58. The molecule has 2 aromatic rings. The van der Waals surface area contributed by atoms with Crippen molar-refractivity contribution < 1.29 is 4.79 Å². The summed E-state index contributed by atoms with van der Waals surface area (Å²) in [6, 6.07) is 11.7. The SMILES string of the molecule is O=C(Cc1ccccn1)c1ccc2c(c1)CNCC2. The van der Waals surface area contributed by atoms with Crippen molar-refractivity contribution in [2.24, 2.45) is 0 Å². The summed E-state index contributed by atoms with van der Waals surface area (Å²) < 4.78 is 0. The molecule has 1 aliphatic heterocycles. The van der Waals surface area contributed by atoms with E-state index in [4.69, 9.17) is 0 Å². The van der Waals surface area contributed by atoms with Crippen molar-refractivity contribution in [1.29, 1.82) is 0 Å². The van der Waals surface area contributed by atoms with Crippen molar-refractivity contribution >= 4 is 5.78 Å². The fourth-order valence-electron chi connectivity index (χ4n) is 2.42. The van der Waals surface area contributed by atoms with E-state index in [2.05, 4.69) is 16.4 Å². The van der Waals surface area contributed by atoms with Gasteiger partial charge in [0.15, 0.2) is 5.78 Å². The molecule has 0 unspecified atom stereocenters. The number of carbonyl (C=O) groups is 1. The number of nitrogens with zero attached hydrogens (tertiary/aromatic N) is 1. The summed E-state index contributed by atoms with van der Waals surface area (Å²) in [5, 5.41) is 3.33. The van der Waals surface area contributed by atoms with Gasteiger partial charge in [-0.3, -0.25) is 9.78 Å². The topological polar surface area (TPSA) is 42.0 Å². The second-order valence-corrected chi connectivity index (χ2v) is 4.83. The average molecular weight is 252 g/mol. The highest BCUT2D eigenvalue weighted by Gasteiger charge is 2.13. The predicted molar refractivity (Wildman–Crippen MR) is 74.1 cm³/mol. The predicted octanol–water partition coefficient (Wildman–Crippen LogP) is 2.15. The number of fused-ring (bicyclic) bond motifs is 1. The van der Waals surface area contributed by atoms with E-state index in [1.54, 1.807) is 6.20 Å². The molecule has 1 aromatic carbocycles. The summed E-state index contributed by atoms with van der Waals surface area (Å²) in [5.74, 6) is 0.132. The molecule has 0 saturated heterocycles. The molecule has 0 radical (unpaired) electrons. The van der Waals surface area contributed by atoms with Crippen LogP contribution in [0.2, 0.25) is 0 Å². The monoisotopic (exact) mass is 252 g/mol. The molecule has 0 atom stereocenters. The highest BCUT2D eigenvalue weighted by molar-refractivity contribution is 5.97. The van der Waals surface area contributed by atoms with Crippen LogP contribution in [0.1, 0.15) is 27.2 Å². The molecular weight excluding hydrogens is 236 g/mol. The fraction of sp³-hybridized carbons (Fsp3) is 0.250. The quantitative estimate of drug-likeness (QED) is 0.851. The van der Waals surface area contributed by atoms with Crippen molar-refractivity contribution in [2.45, 2.75) is 19.4 Å². The van der Waals surface area contributed by atoms with Crippen LogP contribution in [0.5, 0.6) is 0 Å². The maximum absolute atomic E-state index is 12.2. The number of nitrogens with one attached hydrogen (secondary N) is 1. The zero-order valence-electron chi connectivity index (χ0n) is 10.7. The largest absolute Gasteiger partial charge is 0.312 e. The first-order chi connectivity index (χ1) is 9.33. The summed E-state index contributed by atoms with van der Waals surface area (Å²) in [5.41, 5.74) is 4.21. The van der Waals surface area contributed by atoms with E-state index in [-0.39, 0.29) is 5.78 Å². The van der Waals surface area contributed by atoms with Gasteiger partial charge in [-0.25, -0.2) is 0 Å². The van der Waals surface area contributed by atoms with Crippen molar-refractivity contribution in [2.75, 3.05) is 6.54 Å². The van der Waals surface area contributed by atoms with Crippen LogP contribution in [0.15, 0.2) is 42.6 Å². The van der Waals surface area contributed by atoms with Gasteiger partial charge in [0.05, 0.1) is 6.42 Å². The average Bonchev–Trinajstić information content (AvgIpc) is 2.48. The standard InChI is InChI=1S/C16H16N2O/c19-16(10-15-3-1-2-7-18-15)13-5-4-12-6-8-17-11-14(12)9-13/h1-5,7,9,17H,6,8,10-11H2. The molecule has 3 nitrogen and oxygen atoms in total. The Morgan fingerprint density at radius 2 is 2.16 bits per heavy atom. The second kappa shape index (κ2) is 5.33. The van der Waals surface area contributed by atoms with Gasteiger partial charge in [-0.1, -0.05) is 18.2 Å². The Kier molecular flexibility index (Phi) is 3.38. The lowest BCUT2D eigenvalue weighted by atomic mass is 9.96. The molecule has 1 aromatic heterocycles. The molecule has 0 bridgehead atoms. The smallest absolute Gasteiger partial charge is 0.168 e. The number of hydrogen-bond acceptors (Lipinski definition) is 3. The van der Waals surface area contributed by atoms with Crippen LogP contribution in [0, 0.1) is 0 Å². The third kappa shape index (κ3) is 2.71. The second-order valence-electron chi connectivity index (χ2n) is 4.83. The Balaban J connectivity index is 1.80. The van der Waals surface area contributed by atoms with Gasteiger partial charge in [0.2, 0.25) is 0 Å². The first-order valence-electron chi connectivity index (χ1n) is 6.58. The van der Waals surface area contributed by atoms with E-state index in [0.29, 0.717) is 6.42 Å². The van der Waals surface area contributed by atoms with Gasteiger partial charge in [0, 0.05) is 24.0 Å². The number of ketones is 1. The molecule has 1 N–H and O–H groups in total. The van der Waals surface area contributed by atoms with Gasteiger partial charge < -0.3 is 5.32 Å². The number of benzene rings is 1. The van der Waals surface area contributed by atoms with E-state index < -0.39 is 0 Å². The third-order valence-electron chi connectivity index (χ3n) is 3.48. The van der Waals surface area contributed by atoms with E-state index in [9.17, 15) is 4.79 Å². The third-order valence-corrected chi connectivity index (χ3v) is 3.48. The molecule has 0 amide bonds. The number of carbonyl (C=O) groups excluding carboxylic acids is 1. The maximum atomic E-state index is 12.2. The lowest BCUT2D eigenvalue weighted by Gasteiger charge is -2.17. The zero-order chi connectivity index (χ0) is 13.1. The minimum atomic E-state index is 0.132. The van der Waals surface area contributed by atoms with Crippen molar-refractivity contribution in [3.05, 3.63) is 65.0 Å². The van der Waals surface area contributed by atoms with Crippen LogP contribution in [-0.4, -0.2) is 17.3 Å². The zero-order valence-corrected chi connectivity index (χ0v) is 10.7. The van der Waals surface area contributed by atoms with Crippen LogP contribution in [0.3, 0.4) is 0 Å². The van der Waals surface area contributed by atoms with Crippen LogP contribution in [-0.2, 0) is 19.4 Å². The summed E-state index contributed by atoms with van der Waals surface area (Å²) in [6.07, 6.45) is 3.14. The Bertz CT molecular complexity index is 593. The minimum absolute atomic E-state index is 0.132. The maximum Gasteiger partial charge on any atom is 0.168 e. The summed E-state index contributed by atoms with van der Waals surface area (Å²) in [7, 11) is 0. The van der Waals surface area contributed by atoms with Gasteiger partial charge in [-0.2, -0.15) is 0 Å². The highest BCUT2D eigenvalue weighted by atomic mass is 16.1. The van der Waals surface area contributed by atoms with E-state index >= 15 is 0 Å². The lowest BCUT2D eigenvalue weighted by molar-refractivity contribution is 0.0992. The number of pyridine rings is 1. The summed E-state index contributed by atoms with van der Waals surface area (Å²) >= 11 is 0. The van der Waals surface area contributed by atoms with Crippen LogP contribution < -0.4 is 5.32 Å². The Morgan fingerprint density at radius 1 is 1.21 bits per heavy atom. The molecule has 3 heteroatoms.